The van der Waals surface area contributed by atoms with Crippen molar-refractivity contribution in [2.75, 3.05) is 45.1 Å². The van der Waals surface area contributed by atoms with E-state index in [-0.39, 0.29) is 9.92 Å². The normalized spacial score (nSPS) is 17.2. The molecule has 2 rings (SSSR count). The van der Waals surface area contributed by atoms with Gasteiger partial charge in [-0.1, -0.05) is 11.6 Å². The third-order valence-electron chi connectivity index (χ3n) is 3.07. The number of ether oxygens (including phenoxy) is 1. The van der Waals surface area contributed by atoms with Gasteiger partial charge in [0.2, 0.25) is 10.0 Å². The first kappa shape index (κ1) is 15.5. The minimum atomic E-state index is -3.60. The molecule has 1 aliphatic heterocycles. The summed E-state index contributed by atoms with van der Waals surface area (Å²) in [4.78, 5) is 2.20. The van der Waals surface area contributed by atoms with Gasteiger partial charge in [0.05, 0.1) is 18.2 Å². The third-order valence-corrected chi connectivity index (χ3v) is 5.01. The number of hydrogen-bond acceptors (Lipinski definition) is 5. The summed E-state index contributed by atoms with van der Waals surface area (Å²) in [5.74, 6) is 0. The van der Waals surface area contributed by atoms with Crippen LogP contribution in [0.1, 0.15) is 0 Å². The summed E-state index contributed by atoms with van der Waals surface area (Å²) >= 11 is 5.92. The number of halogens is 1. The molecule has 112 valence electrons. The van der Waals surface area contributed by atoms with Gasteiger partial charge in [0.25, 0.3) is 0 Å². The molecular weight excluding hydrogens is 302 g/mol. The van der Waals surface area contributed by atoms with E-state index < -0.39 is 10.0 Å². The minimum Gasteiger partial charge on any atom is -0.399 e. The number of rotatable bonds is 5. The van der Waals surface area contributed by atoms with Crippen LogP contribution in [0, 0.1) is 0 Å². The number of hydrogen-bond donors (Lipinski definition) is 2. The van der Waals surface area contributed by atoms with Crippen LogP contribution in [0.4, 0.5) is 5.69 Å². The molecular formula is C12H18ClN3O3S. The average Bonchev–Trinajstić information content (AvgIpc) is 2.39. The Morgan fingerprint density at radius 3 is 2.70 bits per heavy atom. The minimum absolute atomic E-state index is 0.0512. The van der Waals surface area contributed by atoms with Crippen LogP contribution < -0.4 is 10.5 Å². The monoisotopic (exact) mass is 319 g/mol. The Bertz CT molecular complexity index is 559. The van der Waals surface area contributed by atoms with Gasteiger partial charge in [-0.05, 0) is 18.2 Å². The molecule has 0 spiro atoms. The number of nitrogens with zero attached hydrogens (tertiary/aromatic N) is 1. The van der Waals surface area contributed by atoms with Gasteiger partial charge in [-0.3, -0.25) is 4.90 Å². The second-order valence-electron chi connectivity index (χ2n) is 4.54. The maximum atomic E-state index is 12.1. The molecule has 1 fully saturated rings. The SMILES string of the molecule is Nc1ccc(S(=O)(=O)NCCN2CCOCC2)c(Cl)c1. The zero-order valence-corrected chi connectivity index (χ0v) is 12.6. The Hall–Kier alpha value is -0.860. The van der Waals surface area contributed by atoms with Crippen molar-refractivity contribution in [3.8, 4) is 0 Å². The molecule has 1 aliphatic rings. The van der Waals surface area contributed by atoms with Gasteiger partial charge in [-0.25, -0.2) is 13.1 Å². The molecule has 0 atom stereocenters. The highest BCUT2D eigenvalue weighted by Crippen LogP contribution is 2.23. The van der Waals surface area contributed by atoms with E-state index in [2.05, 4.69) is 9.62 Å². The van der Waals surface area contributed by atoms with Crippen molar-refractivity contribution in [3.63, 3.8) is 0 Å². The van der Waals surface area contributed by atoms with E-state index in [0.717, 1.165) is 13.1 Å². The fourth-order valence-corrected chi connectivity index (χ4v) is 3.55. The van der Waals surface area contributed by atoms with Gasteiger partial charge in [-0.15, -0.1) is 0 Å². The van der Waals surface area contributed by atoms with Gasteiger partial charge >= 0.3 is 0 Å². The summed E-state index contributed by atoms with van der Waals surface area (Å²) in [6, 6.07) is 4.36. The number of sulfonamides is 1. The first-order valence-corrected chi connectivity index (χ1v) is 8.20. The number of nitrogen functional groups attached to an aromatic ring is 1. The summed E-state index contributed by atoms with van der Waals surface area (Å²) in [6.45, 7) is 4.01. The van der Waals surface area contributed by atoms with Gasteiger partial charge in [-0.2, -0.15) is 0 Å². The zero-order valence-electron chi connectivity index (χ0n) is 11.0. The second-order valence-corrected chi connectivity index (χ2v) is 6.68. The van der Waals surface area contributed by atoms with Crippen molar-refractivity contribution in [1.29, 1.82) is 0 Å². The summed E-state index contributed by atoms with van der Waals surface area (Å²) in [5, 5.41) is 0.129. The highest BCUT2D eigenvalue weighted by Gasteiger charge is 2.18. The van der Waals surface area contributed by atoms with E-state index >= 15 is 0 Å². The number of nitrogens with one attached hydrogen (secondary N) is 1. The Morgan fingerprint density at radius 2 is 2.05 bits per heavy atom. The first-order valence-electron chi connectivity index (χ1n) is 6.34. The first-order chi connectivity index (χ1) is 9.49. The van der Waals surface area contributed by atoms with Gasteiger partial charge in [0.1, 0.15) is 4.90 Å². The molecule has 0 bridgehead atoms. The average molecular weight is 320 g/mol. The molecule has 8 heteroatoms. The smallest absolute Gasteiger partial charge is 0.242 e. The van der Waals surface area contributed by atoms with E-state index in [9.17, 15) is 8.42 Å². The van der Waals surface area contributed by atoms with Crippen molar-refractivity contribution in [2.24, 2.45) is 0 Å². The molecule has 1 aromatic carbocycles. The highest BCUT2D eigenvalue weighted by molar-refractivity contribution is 7.89. The molecule has 0 unspecified atom stereocenters. The van der Waals surface area contributed by atoms with Gasteiger partial charge in [0, 0.05) is 31.9 Å². The number of nitrogens with two attached hydrogens (primary N) is 1. The summed E-state index contributed by atoms with van der Waals surface area (Å²) in [5.41, 5.74) is 5.98. The molecule has 6 nitrogen and oxygen atoms in total. The molecule has 1 saturated heterocycles. The zero-order chi connectivity index (χ0) is 14.6. The maximum Gasteiger partial charge on any atom is 0.242 e. The van der Waals surface area contributed by atoms with Crippen LogP contribution in [-0.2, 0) is 14.8 Å². The van der Waals surface area contributed by atoms with Crippen molar-refractivity contribution >= 4 is 27.3 Å². The van der Waals surface area contributed by atoms with E-state index in [1.807, 2.05) is 0 Å². The maximum absolute atomic E-state index is 12.1. The predicted molar refractivity (Wildman–Crippen MR) is 78.3 cm³/mol. The van der Waals surface area contributed by atoms with Gasteiger partial charge < -0.3 is 10.5 Å². The quantitative estimate of drug-likeness (QED) is 0.774. The Morgan fingerprint density at radius 1 is 1.35 bits per heavy atom. The molecule has 0 amide bonds. The summed E-state index contributed by atoms with van der Waals surface area (Å²) in [7, 11) is -3.60. The molecule has 3 N–H and O–H groups in total. The van der Waals surface area contributed by atoms with Crippen LogP contribution in [0.25, 0.3) is 0 Å². The Kier molecular flexibility index (Phi) is 5.22. The van der Waals surface area contributed by atoms with Crippen LogP contribution in [0.15, 0.2) is 23.1 Å². The van der Waals surface area contributed by atoms with Crippen molar-refractivity contribution in [1.82, 2.24) is 9.62 Å². The Labute approximate surface area is 123 Å². The fourth-order valence-electron chi connectivity index (χ4n) is 1.98. The van der Waals surface area contributed by atoms with Crippen molar-refractivity contribution in [3.05, 3.63) is 23.2 Å². The van der Waals surface area contributed by atoms with Crippen LogP contribution in [-0.4, -0.2) is 52.7 Å². The highest BCUT2D eigenvalue weighted by atomic mass is 35.5. The molecule has 1 heterocycles. The van der Waals surface area contributed by atoms with Crippen LogP contribution in [0.3, 0.4) is 0 Å². The number of anilines is 1. The lowest BCUT2D eigenvalue weighted by Crippen LogP contribution is -2.41. The largest absolute Gasteiger partial charge is 0.399 e. The summed E-state index contributed by atoms with van der Waals surface area (Å²) < 4.78 is 32.0. The van der Waals surface area contributed by atoms with Crippen molar-refractivity contribution in [2.45, 2.75) is 4.90 Å². The van der Waals surface area contributed by atoms with Gasteiger partial charge in [0.15, 0.2) is 0 Å². The number of morpholine rings is 1. The standard InChI is InChI=1S/C12H18ClN3O3S/c13-11-9-10(14)1-2-12(11)20(17,18)15-3-4-16-5-7-19-8-6-16/h1-2,9,15H,3-8,14H2. The van der Waals surface area contributed by atoms with E-state index in [1.54, 1.807) is 0 Å². The number of benzene rings is 1. The molecule has 0 saturated carbocycles. The van der Waals surface area contributed by atoms with Crippen LogP contribution in [0.2, 0.25) is 5.02 Å². The Balaban J connectivity index is 1.93. The summed E-state index contributed by atoms with van der Waals surface area (Å²) in [6.07, 6.45) is 0. The molecule has 0 aliphatic carbocycles. The van der Waals surface area contributed by atoms with E-state index in [1.165, 1.54) is 18.2 Å². The molecule has 20 heavy (non-hydrogen) atoms. The fraction of sp³-hybridized carbons (Fsp3) is 0.500. The second kappa shape index (κ2) is 6.73. The predicted octanol–water partition coefficient (Wildman–Crippen LogP) is 0.533. The lowest BCUT2D eigenvalue weighted by molar-refractivity contribution is 0.0390. The molecule has 1 aromatic rings. The van der Waals surface area contributed by atoms with E-state index in [0.29, 0.717) is 32.0 Å². The lowest BCUT2D eigenvalue weighted by atomic mass is 10.3. The molecule has 0 radical (unpaired) electrons. The molecule has 0 aromatic heterocycles. The van der Waals surface area contributed by atoms with Crippen LogP contribution in [0.5, 0.6) is 0 Å². The van der Waals surface area contributed by atoms with Crippen molar-refractivity contribution < 1.29 is 13.2 Å². The third kappa shape index (κ3) is 4.07. The van der Waals surface area contributed by atoms with E-state index in [4.69, 9.17) is 22.1 Å². The lowest BCUT2D eigenvalue weighted by Gasteiger charge is -2.26. The van der Waals surface area contributed by atoms with Crippen LogP contribution >= 0.6 is 11.6 Å². The topological polar surface area (TPSA) is 84.7 Å².